The molecule has 1 atom stereocenters. The summed E-state index contributed by atoms with van der Waals surface area (Å²) >= 11 is 5.29. The molecule has 1 unspecified atom stereocenters. The Morgan fingerprint density at radius 3 is 2.44 bits per heavy atom. The molecule has 0 aliphatic rings. The normalized spacial score (nSPS) is 12.8. The zero-order valence-corrected chi connectivity index (χ0v) is 12.0. The van der Waals surface area contributed by atoms with E-state index in [1.165, 1.54) is 21.2 Å². The number of nitrogens with two attached hydrogens (primary N) is 1. The molecular formula is C15H12BrNS. The van der Waals surface area contributed by atoms with Gasteiger partial charge in [-0.05, 0) is 33.8 Å². The van der Waals surface area contributed by atoms with E-state index >= 15 is 0 Å². The first-order chi connectivity index (χ1) is 8.77. The van der Waals surface area contributed by atoms with Gasteiger partial charge in [0, 0.05) is 9.35 Å². The third-order valence-electron chi connectivity index (χ3n) is 3.09. The molecule has 2 N–H and O–H groups in total. The van der Waals surface area contributed by atoms with E-state index in [-0.39, 0.29) is 6.04 Å². The highest BCUT2D eigenvalue weighted by Crippen LogP contribution is 2.33. The summed E-state index contributed by atoms with van der Waals surface area (Å²) in [5, 5.41) is 4.49. The second-order valence-corrected chi connectivity index (χ2v) is 6.01. The van der Waals surface area contributed by atoms with Gasteiger partial charge in [0.05, 0.1) is 6.04 Å². The molecule has 18 heavy (non-hydrogen) atoms. The van der Waals surface area contributed by atoms with E-state index in [1.807, 2.05) is 12.1 Å². The van der Waals surface area contributed by atoms with Crippen LogP contribution in [0.15, 0.2) is 58.4 Å². The number of hydrogen-bond donors (Lipinski definition) is 1. The fourth-order valence-corrected chi connectivity index (χ4v) is 3.40. The Bertz CT molecular complexity index is 676. The molecule has 1 nitrogen and oxygen atoms in total. The van der Waals surface area contributed by atoms with E-state index in [1.54, 1.807) is 11.3 Å². The molecule has 0 saturated heterocycles. The first-order valence-electron chi connectivity index (χ1n) is 5.73. The minimum Gasteiger partial charge on any atom is -0.320 e. The molecule has 1 heterocycles. The standard InChI is InChI=1S/C15H12BrNS/c16-13-8-7-12(10-4-1-2-5-11(10)13)15(17)14-6-3-9-18-14/h1-9,15H,17H2. The van der Waals surface area contributed by atoms with Crippen molar-refractivity contribution in [3.05, 3.63) is 68.8 Å². The second-order valence-electron chi connectivity index (χ2n) is 4.18. The van der Waals surface area contributed by atoms with E-state index < -0.39 is 0 Å². The molecular weight excluding hydrogens is 306 g/mol. The predicted molar refractivity (Wildman–Crippen MR) is 82.0 cm³/mol. The van der Waals surface area contributed by atoms with Gasteiger partial charge in [0.1, 0.15) is 0 Å². The summed E-state index contributed by atoms with van der Waals surface area (Å²) in [6.45, 7) is 0. The zero-order chi connectivity index (χ0) is 12.5. The molecule has 0 radical (unpaired) electrons. The highest BCUT2D eigenvalue weighted by Gasteiger charge is 2.13. The molecule has 0 aliphatic carbocycles. The van der Waals surface area contributed by atoms with Gasteiger partial charge >= 0.3 is 0 Å². The average Bonchev–Trinajstić information content (AvgIpc) is 2.93. The first-order valence-corrected chi connectivity index (χ1v) is 7.41. The molecule has 0 fully saturated rings. The minimum atomic E-state index is -0.0528. The van der Waals surface area contributed by atoms with Gasteiger partial charge < -0.3 is 5.73 Å². The number of benzene rings is 2. The summed E-state index contributed by atoms with van der Waals surface area (Å²) in [4.78, 5) is 1.20. The van der Waals surface area contributed by atoms with Crippen LogP contribution in [0.2, 0.25) is 0 Å². The van der Waals surface area contributed by atoms with Crippen molar-refractivity contribution < 1.29 is 0 Å². The van der Waals surface area contributed by atoms with Crippen molar-refractivity contribution in [1.82, 2.24) is 0 Å². The molecule has 90 valence electrons. The van der Waals surface area contributed by atoms with Crippen LogP contribution in [-0.4, -0.2) is 0 Å². The van der Waals surface area contributed by atoms with Gasteiger partial charge in [-0.2, -0.15) is 0 Å². The van der Waals surface area contributed by atoms with Crippen LogP contribution in [0, 0.1) is 0 Å². The van der Waals surface area contributed by atoms with Gasteiger partial charge in [0.15, 0.2) is 0 Å². The number of thiophene rings is 1. The second kappa shape index (κ2) is 4.84. The van der Waals surface area contributed by atoms with Crippen LogP contribution in [0.1, 0.15) is 16.5 Å². The highest BCUT2D eigenvalue weighted by atomic mass is 79.9. The lowest BCUT2D eigenvalue weighted by atomic mass is 9.98. The van der Waals surface area contributed by atoms with E-state index in [0.29, 0.717) is 0 Å². The van der Waals surface area contributed by atoms with Crippen LogP contribution in [0.25, 0.3) is 10.8 Å². The van der Waals surface area contributed by atoms with Gasteiger partial charge in [-0.15, -0.1) is 11.3 Å². The Balaban J connectivity index is 2.21. The van der Waals surface area contributed by atoms with E-state index in [9.17, 15) is 0 Å². The summed E-state index contributed by atoms with van der Waals surface area (Å²) in [6, 6.07) is 16.6. The molecule has 2 aromatic carbocycles. The lowest BCUT2D eigenvalue weighted by molar-refractivity contribution is 0.903. The fourth-order valence-electron chi connectivity index (χ4n) is 2.18. The first kappa shape index (κ1) is 11.9. The largest absolute Gasteiger partial charge is 0.320 e. The number of halogens is 1. The third-order valence-corrected chi connectivity index (χ3v) is 4.74. The average molecular weight is 318 g/mol. The molecule has 3 heteroatoms. The molecule has 0 spiro atoms. The van der Waals surface area contributed by atoms with Crippen molar-refractivity contribution in [2.45, 2.75) is 6.04 Å². The maximum atomic E-state index is 6.37. The van der Waals surface area contributed by atoms with Crippen molar-refractivity contribution in [3.63, 3.8) is 0 Å². The topological polar surface area (TPSA) is 26.0 Å². The fraction of sp³-hybridized carbons (Fsp3) is 0.0667. The van der Waals surface area contributed by atoms with Gasteiger partial charge in [0.25, 0.3) is 0 Å². The maximum Gasteiger partial charge on any atom is 0.0652 e. The van der Waals surface area contributed by atoms with Crippen molar-refractivity contribution in [2.24, 2.45) is 5.73 Å². The summed E-state index contributed by atoms with van der Waals surface area (Å²) in [6.07, 6.45) is 0. The Labute approximate surface area is 118 Å². The summed E-state index contributed by atoms with van der Waals surface area (Å²) < 4.78 is 1.11. The molecule has 3 aromatic rings. The lowest BCUT2D eigenvalue weighted by Gasteiger charge is -2.14. The zero-order valence-electron chi connectivity index (χ0n) is 9.64. The van der Waals surface area contributed by atoms with Gasteiger partial charge in [0.2, 0.25) is 0 Å². The van der Waals surface area contributed by atoms with Crippen LogP contribution in [0.3, 0.4) is 0 Å². The molecule has 0 saturated carbocycles. The van der Waals surface area contributed by atoms with Crippen molar-refractivity contribution in [3.8, 4) is 0 Å². The van der Waals surface area contributed by atoms with E-state index in [2.05, 4.69) is 57.7 Å². The Morgan fingerprint density at radius 2 is 1.72 bits per heavy atom. The lowest BCUT2D eigenvalue weighted by Crippen LogP contribution is -2.10. The molecule has 0 bridgehead atoms. The summed E-state index contributed by atoms with van der Waals surface area (Å²) in [7, 11) is 0. The Morgan fingerprint density at radius 1 is 0.944 bits per heavy atom. The SMILES string of the molecule is NC(c1cccs1)c1ccc(Br)c2ccccc12. The van der Waals surface area contributed by atoms with Crippen molar-refractivity contribution >= 4 is 38.0 Å². The molecule has 0 aliphatic heterocycles. The number of fused-ring (bicyclic) bond motifs is 1. The number of hydrogen-bond acceptors (Lipinski definition) is 2. The Kier molecular flexibility index (Phi) is 3.20. The van der Waals surface area contributed by atoms with Gasteiger partial charge in [-0.25, -0.2) is 0 Å². The van der Waals surface area contributed by atoms with Crippen LogP contribution in [-0.2, 0) is 0 Å². The monoisotopic (exact) mass is 317 g/mol. The highest BCUT2D eigenvalue weighted by molar-refractivity contribution is 9.10. The minimum absolute atomic E-state index is 0.0528. The van der Waals surface area contributed by atoms with Crippen LogP contribution in [0.5, 0.6) is 0 Å². The van der Waals surface area contributed by atoms with Gasteiger partial charge in [-0.1, -0.05) is 52.3 Å². The van der Waals surface area contributed by atoms with Crippen LogP contribution < -0.4 is 5.73 Å². The van der Waals surface area contributed by atoms with Crippen molar-refractivity contribution in [1.29, 1.82) is 0 Å². The van der Waals surface area contributed by atoms with E-state index in [0.717, 1.165) is 4.47 Å². The summed E-state index contributed by atoms with van der Waals surface area (Å²) in [5.41, 5.74) is 7.55. The van der Waals surface area contributed by atoms with Gasteiger partial charge in [-0.3, -0.25) is 0 Å². The maximum absolute atomic E-state index is 6.37. The van der Waals surface area contributed by atoms with Crippen LogP contribution >= 0.6 is 27.3 Å². The summed E-state index contributed by atoms with van der Waals surface area (Å²) in [5.74, 6) is 0. The van der Waals surface area contributed by atoms with Crippen LogP contribution in [0.4, 0.5) is 0 Å². The number of rotatable bonds is 2. The predicted octanol–water partition coefficient (Wildman–Crippen LogP) is 4.71. The third kappa shape index (κ3) is 1.99. The molecule has 1 aromatic heterocycles. The van der Waals surface area contributed by atoms with E-state index in [4.69, 9.17) is 5.73 Å². The smallest absolute Gasteiger partial charge is 0.0652 e. The molecule has 0 amide bonds. The Hall–Kier alpha value is -1.16. The molecule has 3 rings (SSSR count). The quantitative estimate of drug-likeness (QED) is 0.727. The van der Waals surface area contributed by atoms with Crippen molar-refractivity contribution in [2.75, 3.05) is 0 Å².